The van der Waals surface area contributed by atoms with Crippen molar-refractivity contribution in [1.29, 1.82) is 0 Å². The molecule has 1 saturated heterocycles. The monoisotopic (exact) mass is 435 g/mol. The van der Waals surface area contributed by atoms with E-state index in [2.05, 4.69) is 39.4 Å². The van der Waals surface area contributed by atoms with Gasteiger partial charge in [-0.1, -0.05) is 42.0 Å². The average molecular weight is 436 g/mol. The van der Waals surface area contributed by atoms with Crippen LogP contribution in [0.4, 0.5) is 5.69 Å². The zero-order valence-electron chi connectivity index (χ0n) is 18.2. The van der Waals surface area contributed by atoms with E-state index >= 15 is 0 Å². The molecule has 1 aromatic heterocycles. The molecular formula is C24H29N5OS. The van der Waals surface area contributed by atoms with Gasteiger partial charge in [-0.3, -0.25) is 14.5 Å². The number of likely N-dealkylation sites (N-methyl/N-ethyl adjacent to an activating group) is 1. The van der Waals surface area contributed by atoms with Crippen molar-refractivity contribution in [3.8, 4) is 11.4 Å². The highest BCUT2D eigenvalue weighted by atomic mass is 32.1. The van der Waals surface area contributed by atoms with Crippen LogP contribution in [0.1, 0.15) is 30.4 Å². The number of aromatic amines is 1. The number of piperidine rings is 1. The molecule has 3 aromatic rings. The van der Waals surface area contributed by atoms with Gasteiger partial charge in [0, 0.05) is 37.9 Å². The van der Waals surface area contributed by atoms with Crippen molar-refractivity contribution in [2.24, 2.45) is 0 Å². The van der Waals surface area contributed by atoms with Gasteiger partial charge in [-0.15, -0.1) is 0 Å². The first-order valence-electron chi connectivity index (χ1n) is 10.8. The molecule has 0 radical (unpaired) electrons. The first-order valence-corrected chi connectivity index (χ1v) is 11.2. The molecule has 0 spiro atoms. The number of hydrogen-bond donors (Lipinski definition) is 1. The van der Waals surface area contributed by atoms with E-state index in [0.29, 0.717) is 17.1 Å². The van der Waals surface area contributed by atoms with Gasteiger partial charge >= 0.3 is 0 Å². The highest BCUT2D eigenvalue weighted by Gasteiger charge is 2.16. The third-order valence-electron chi connectivity index (χ3n) is 5.86. The number of aromatic nitrogens is 3. The largest absolute Gasteiger partial charge is 0.372 e. The number of nitrogens with zero attached hydrogens (tertiary/aromatic N) is 4. The molecule has 0 saturated carbocycles. The van der Waals surface area contributed by atoms with E-state index in [4.69, 9.17) is 12.2 Å². The van der Waals surface area contributed by atoms with Crippen LogP contribution < -0.4 is 4.90 Å². The maximum Gasteiger partial charge on any atom is 0.242 e. The van der Waals surface area contributed by atoms with Gasteiger partial charge in [0.05, 0.1) is 0 Å². The van der Waals surface area contributed by atoms with Crippen molar-refractivity contribution < 1.29 is 4.79 Å². The van der Waals surface area contributed by atoms with E-state index in [1.807, 2.05) is 38.2 Å². The zero-order chi connectivity index (χ0) is 21.8. The van der Waals surface area contributed by atoms with Crippen LogP contribution in [-0.4, -0.2) is 45.7 Å². The number of carbonyl (C=O) groups excluding carboxylic acids is 1. The number of hydrogen-bond acceptors (Lipinski definition) is 4. The first-order chi connectivity index (χ1) is 15.0. The second kappa shape index (κ2) is 9.47. The Bertz CT molecular complexity index is 1080. The lowest BCUT2D eigenvalue weighted by Crippen LogP contribution is -2.30. The fourth-order valence-corrected chi connectivity index (χ4v) is 4.17. The van der Waals surface area contributed by atoms with Crippen molar-refractivity contribution in [2.75, 3.05) is 25.0 Å². The molecule has 0 atom stereocenters. The summed E-state index contributed by atoms with van der Waals surface area (Å²) >= 11 is 5.38. The van der Waals surface area contributed by atoms with E-state index in [-0.39, 0.29) is 12.5 Å². The van der Waals surface area contributed by atoms with Gasteiger partial charge in [-0.05, 0) is 56.1 Å². The fourth-order valence-electron chi connectivity index (χ4n) is 3.97. The van der Waals surface area contributed by atoms with Crippen LogP contribution in [0.3, 0.4) is 0 Å². The van der Waals surface area contributed by atoms with Gasteiger partial charge in [-0.2, -0.15) is 5.10 Å². The minimum absolute atomic E-state index is 0.00836. The van der Waals surface area contributed by atoms with Gasteiger partial charge in [0.25, 0.3) is 0 Å². The van der Waals surface area contributed by atoms with Gasteiger partial charge in [0.2, 0.25) is 5.91 Å². The molecule has 1 N–H and O–H groups in total. The second-order valence-electron chi connectivity index (χ2n) is 8.27. The SMILES string of the molecule is Cc1ccc(-c2n[nH]c(=S)n2CC(=O)N(C)Cc2ccc(N3CCCCC3)cc2)cc1. The summed E-state index contributed by atoms with van der Waals surface area (Å²) in [7, 11) is 1.83. The Balaban J connectivity index is 1.42. The average Bonchev–Trinajstić information content (AvgIpc) is 3.15. The molecule has 1 amide bonds. The number of aryl methyl sites for hydroxylation is 1. The molecule has 7 heteroatoms. The molecule has 0 unspecified atom stereocenters. The van der Waals surface area contributed by atoms with Crippen LogP contribution in [0.25, 0.3) is 11.4 Å². The van der Waals surface area contributed by atoms with E-state index in [0.717, 1.165) is 24.2 Å². The highest BCUT2D eigenvalue weighted by molar-refractivity contribution is 7.71. The summed E-state index contributed by atoms with van der Waals surface area (Å²) in [6.45, 7) is 5.02. The van der Waals surface area contributed by atoms with Crippen LogP contribution in [-0.2, 0) is 17.9 Å². The third kappa shape index (κ3) is 5.05. The lowest BCUT2D eigenvalue weighted by Gasteiger charge is -2.29. The van der Waals surface area contributed by atoms with Gasteiger partial charge in [0.1, 0.15) is 6.54 Å². The summed E-state index contributed by atoms with van der Waals surface area (Å²) in [4.78, 5) is 17.1. The molecule has 1 aliphatic rings. The minimum atomic E-state index is -0.00836. The zero-order valence-corrected chi connectivity index (χ0v) is 19.0. The summed E-state index contributed by atoms with van der Waals surface area (Å²) in [6.07, 6.45) is 3.86. The van der Waals surface area contributed by atoms with Crippen molar-refractivity contribution in [1.82, 2.24) is 19.7 Å². The summed E-state index contributed by atoms with van der Waals surface area (Å²) in [5.41, 5.74) is 4.49. The second-order valence-corrected chi connectivity index (χ2v) is 8.66. The number of carbonyl (C=O) groups is 1. The molecular weight excluding hydrogens is 406 g/mol. The molecule has 2 heterocycles. The smallest absolute Gasteiger partial charge is 0.242 e. The maximum absolute atomic E-state index is 12.9. The Kier molecular flexibility index (Phi) is 6.51. The Morgan fingerprint density at radius 3 is 2.42 bits per heavy atom. The molecule has 31 heavy (non-hydrogen) atoms. The molecule has 0 bridgehead atoms. The Hall–Kier alpha value is -2.93. The normalized spacial score (nSPS) is 13.9. The van der Waals surface area contributed by atoms with Gasteiger partial charge in [-0.25, -0.2) is 0 Å². The van der Waals surface area contributed by atoms with Crippen LogP contribution in [0.15, 0.2) is 48.5 Å². The lowest BCUT2D eigenvalue weighted by molar-refractivity contribution is -0.131. The van der Waals surface area contributed by atoms with Crippen molar-refractivity contribution in [2.45, 2.75) is 39.3 Å². The van der Waals surface area contributed by atoms with Gasteiger partial charge < -0.3 is 9.80 Å². The van der Waals surface area contributed by atoms with Gasteiger partial charge in [0.15, 0.2) is 10.6 Å². The lowest BCUT2D eigenvalue weighted by atomic mass is 10.1. The predicted octanol–water partition coefficient (Wildman–Crippen LogP) is 4.57. The number of benzene rings is 2. The summed E-state index contributed by atoms with van der Waals surface area (Å²) in [5, 5.41) is 7.16. The summed E-state index contributed by atoms with van der Waals surface area (Å²) < 4.78 is 2.21. The van der Waals surface area contributed by atoms with E-state index in [9.17, 15) is 4.79 Å². The molecule has 162 valence electrons. The molecule has 1 fully saturated rings. The number of amides is 1. The molecule has 2 aromatic carbocycles. The maximum atomic E-state index is 12.9. The van der Waals surface area contributed by atoms with Crippen molar-refractivity contribution >= 4 is 23.8 Å². The van der Waals surface area contributed by atoms with Crippen LogP contribution >= 0.6 is 12.2 Å². The molecule has 1 aliphatic heterocycles. The Morgan fingerprint density at radius 2 is 1.74 bits per heavy atom. The minimum Gasteiger partial charge on any atom is -0.372 e. The van der Waals surface area contributed by atoms with E-state index in [1.54, 1.807) is 9.47 Å². The third-order valence-corrected chi connectivity index (χ3v) is 6.18. The molecule has 6 nitrogen and oxygen atoms in total. The molecule has 4 rings (SSSR count). The number of H-pyrrole nitrogens is 1. The first kappa shape index (κ1) is 21.3. The van der Waals surface area contributed by atoms with Crippen molar-refractivity contribution in [3.05, 3.63) is 64.4 Å². The topological polar surface area (TPSA) is 57.2 Å². The number of rotatable bonds is 6. The highest BCUT2D eigenvalue weighted by Crippen LogP contribution is 2.21. The standard InChI is InChI=1S/C24H29N5OS/c1-18-6-10-20(11-7-18)23-25-26-24(31)29(23)17-22(30)27(2)16-19-8-12-21(13-9-19)28-14-4-3-5-15-28/h6-13H,3-5,14-17H2,1-2H3,(H,26,31). The van der Waals surface area contributed by atoms with Crippen LogP contribution in [0.5, 0.6) is 0 Å². The molecule has 0 aliphatic carbocycles. The fraction of sp³-hybridized carbons (Fsp3) is 0.375. The Labute approximate surface area is 188 Å². The quantitative estimate of drug-likeness (QED) is 0.577. The summed E-state index contributed by atoms with van der Waals surface area (Å²) in [5.74, 6) is 0.670. The van der Waals surface area contributed by atoms with Crippen molar-refractivity contribution in [3.63, 3.8) is 0 Å². The van der Waals surface area contributed by atoms with E-state index < -0.39 is 0 Å². The number of anilines is 1. The van der Waals surface area contributed by atoms with Crippen LogP contribution in [0.2, 0.25) is 0 Å². The summed E-state index contributed by atoms with van der Waals surface area (Å²) in [6, 6.07) is 16.6. The number of nitrogens with one attached hydrogen (secondary N) is 1. The predicted molar refractivity (Wildman–Crippen MR) is 127 cm³/mol. The van der Waals surface area contributed by atoms with E-state index in [1.165, 1.54) is 30.5 Å². The Morgan fingerprint density at radius 1 is 1.06 bits per heavy atom. The van der Waals surface area contributed by atoms with Crippen LogP contribution in [0, 0.1) is 11.7 Å².